The van der Waals surface area contributed by atoms with Crippen molar-refractivity contribution in [1.82, 2.24) is 4.98 Å². The predicted octanol–water partition coefficient (Wildman–Crippen LogP) is 1.55. The van der Waals surface area contributed by atoms with Gasteiger partial charge < -0.3 is 9.84 Å². The van der Waals surface area contributed by atoms with E-state index < -0.39 is 23.4 Å². The maximum absolute atomic E-state index is 11.7. The number of phenols is 1. The monoisotopic (exact) mass is 323 g/mol. The fraction of sp³-hybridized carbons (Fsp3) is 0.0833. The van der Waals surface area contributed by atoms with Crippen LogP contribution in [0.15, 0.2) is 30.5 Å². The number of hydrogen-bond donors (Lipinski definition) is 2. The van der Waals surface area contributed by atoms with Crippen LogP contribution in [-0.4, -0.2) is 33.5 Å². The molecular formula is C12H9N3O6S. The molecule has 1 aromatic carbocycles. The van der Waals surface area contributed by atoms with Gasteiger partial charge in [0.1, 0.15) is 17.5 Å². The first-order valence-corrected chi connectivity index (χ1v) is 6.64. The Hall–Kier alpha value is -3.01. The highest BCUT2D eigenvalue weighted by Gasteiger charge is 2.16. The Kier molecular flexibility index (Phi) is 4.63. The number of ether oxygens (including phenoxy) is 1. The molecule has 9 nitrogen and oxygen atoms in total. The standard InChI is InChI=1S/C12H9N3O6S/c16-8-4-2-1-3-7(8)11(18)21-6-9(17)14-12-13-5-10(22-12)15(19)20/h1-5,16H,6H2,(H,13,14,17). The molecule has 0 unspecified atom stereocenters. The Morgan fingerprint density at radius 3 is 2.77 bits per heavy atom. The Morgan fingerprint density at radius 2 is 2.14 bits per heavy atom. The average Bonchev–Trinajstić information content (AvgIpc) is 2.94. The van der Waals surface area contributed by atoms with Crippen LogP contribution in [0.3, 0.4) is 0 Å². The van der Waals surface area contributed by atoms with Gasteiger partial charge >= 0.3 is 11.0 Å². The first kappa shape index (κ1) is 15.4. The summed E-state index contributed by atoms with van der Waals surface area (Å²) in [4.78, 5) is 36.7. The predicted molar refractivity (Wildman–Crippen MR) is 75.8 cm³/mol. The molecular weight excluding hydrogens is 314 g/mol. The highest BCUT2D eigenvalue weighted by Crippen LogP contribution is 2.24. The van der Waals surface area contributed by atoms with E-state index in [9.17, 15) is 24.8 Å². The molecule has 22 heavy (non-hydrogen) atoms. The summed E-state index contributed by atoms with van der Waals surface area (Å²) in [5, 5.41) is 22.0. The van der Waals surface area contributed by atoms with Gasteiger partial charge in [-0.25, -0.2) is 9.78 Å². The van der Waals surface area contributed by atoms with Crippen molar-refractivity contribution < 1.29 is 24.4 Å². The minimum atomic E-state index is -0.863. The fourth-order valence-corrected chi connectivity index (χ4v) is 2.07. The number of amides is 1. The smallest absolute Gasteiger partial charge is 0.345 e. The van der Waals surface area contributed by atoms with Crippen LogP contribution in [0.25, 0.3) is 0 Å². The summed E-state index contributed by atoms with van der Waals surface area (Å²) in [5.41, 5.74) is -0.0693. The van der Waals surface area contributed by atoms with Crippen molar-refractivity contribution in [2.75, 3.05) is 11.9 Å². The number of nitrogens with zero attached hydrogens (tertiary/aromatic N) is 2. The third kappa shape index (κ3) is 3.76. The molecule has 2 aromatic rings. The van der Waals surface area contributed by atoms with Gasteiger partial charge in [-0.1, -0.05) is 12.1 Å². The highest BCUT2D eigenvalue weighted by molar-refractivity contribution is 7.18. The maximum Gasteiger partial charge on any atom is 0.345 e. The van der Waals surface area contributed by atoms with Gasteiger partial charge in [-0.05, 0) is 23.5 Å². The van der Waals surface area contributed by atoms with E-state index in [1.165, 1.54) is 24.3 Å². The molecule has 1 heterocycles. The average molecular weight is 323 g/mol. The summed E-state index contributed by atoms with van der Waals surface area (Å²) >= 11 is 0.680. The van der Waals surface area contributed by atoms with Crippen LogP contribution in [0.5, 0.6) is 5.75 Å². The van der Waals surface area contributed by atoms with E-state index >= 15 is 0 Å². The van der Waals surface area contributed by atoms with Crippen molar-refractivity contribution in [3.8, 4) is 5.75 Å². The van der Waals surface area contributed by atoms with Crippen LogP contribution in [0.1, 0.15) is 10.4 Å². The van der Waals surface area contributed by atoms with Gasteiger partial charge in [0.15, 0.2) is 11.7 Å². The van der Waals surface area contributed by atoms with Gasteiger partial charge in [0, 0.05) is 0 Å². The number of esters is 1. The number of aromatic nitrogens is 1. The second kappa shape index (κ2) is 6.63. The number of aromatic hydroxyl groups is 1. The number of nitro groups is 1. The first-order chi connectivity index (χ1) is 10.5. The molecule has 0 aliphatic carbocycles. The SMILES string of the molecule is O=C(COC(=O)c1ccccc1O)Nc1ncc([N+](=O)[O-])s1. The number of carbonyl (C=O) groups is 2. The third-order valence-corrected chi connectivity index (χ3v) is 3.24. The lowest BCUT2D eigenvalue weighted by molar-refractivity contribution is -0.380. The number of phenolic OH excluding ortho intramolecular Hbond substituents is 1. The number of hydrogen-bond acceptors (Lipinski definition) is 8. The molecule has 0 saturated heterocycles. The second-order valence-electron chi connectivity index (χ2n) is 3.90. The molecule has 0 saturated carbocycles. The highest BCUT2D eigenvalue weighted by atomic mass is 32.1. The van der Waals surface area contributed by atoms with Crippen molar-refractivity contribution in [3.63, 3.8) is 0 Å². The van der Waals surface area contributed by atoms with Crippen LogP contribution in [0.4, 0.5) is 10.1 Å². The minimum Gasteiger partial charge on any atom is -0.507 e. The summed E-state index contributed by atoms with van der Waals surface area (Å²) in [7, 11) is 0. The molecule has 0 fully saturated rings. The fourth-order valence-electron chi connectivity index (χ4n) is 1.42. The lowest BCUT2D eigenvalue weighted by atomic mass is 10.2. The summed E-state index contributed by atoms with van der Waals surface area (Å²) in [6.45, 7) is -0.611. The molecule has 0 aliphatic rings. The quantitative estimate of drug-likeness (QED) is 0.484. The molecule has 2 N–H and O–H groups in total. The summed E-state index contributed by atoms with van der Waals surface area (Å²) in [5.74, 6) is -1.82. The molecule has 0 bridgehead atoms. The van der Waals surface area contributed by atoms with E-state index in [4.69, 9.17) is 4.74 Å². The van der Waals surface area contributed by atoms with Crippen LogP contribution >= 0.6 is 11.3 Å². The van der Waals surface area contributed by atoms with Crippen molar-refractivity contribution in [1.29, 1.82) is 0 Å². The second-order valence-corrected chi connectivity index (χ2v) is 4.91. The molecule has 0 spiro atoms. The Bertz CT molecular complexity index is 729. The molecule has 1 amide bonds. The number of rotatable bonds is 5. The molecule has 1 aromatic heterocycles. The number of anilines is 1. The Labute approximate surface area is 127 Å². The summed E-state index contributed by atoms with van der Waals surface area (Å²) in [6.07, 6.45) is 1.01. The molecule has 10 heteroatoms. The number of thiazole rings is 1. The molecule has 0 radical (unpaired) electrons. The topological polar surface area (TPSA) is 132 Å². The van der Waals surface area contributed by atoms with Crippen molar-refractivity contribution in [2.45, 2.75) is 0 Å². The normalized spacial score (nSPS) is 10.0. The number of carbonyl (C=O) groups excluding carboxylic acids is 2. The van der Waals surface area contributed by atoms with Crippen LogP contribution in [0.2, 0.25) is 0 Å². The van der Waals surface area contributed by atoms with Crippen molar-refractivity contribution in [3.05, 3.63) is 46.1 Å². The largest absolute Gasteiger partial charge is 0.507 e. The van der Waals surface area contributed by atoms with E-state index in [-0.39, 0.29) is 21.4 Å². The third-order valence-electron chi connectivity index (χ3n) is 2.38. The first-order valence-electron chi connectivity index (χ1n) is 5.82. The molecule has 0 atom stereocenters. The summed E-state index contributed by atoms with van der Waals surface area (Å²) in [6, 6.07) is 5.73. The van der Waals surface area contributed by atoms with Gasteiger partial charge in [0.05, 0.1) is 4.92 Å². The van der Waals surface area contributed by atoms with Crippen molar-refractivity contribution >= 4 is 33.3 Å². The number of nitrogens with one attached hydrogen (secondary N) is 1. The summed E-state index contributed by atoms with van der Waals surface area (Å²) < 4.78 is 4.73. The van der Waals surface area contributed by atoms with Gasteiger partial charge in [-0.15, -0.1) is 0 Å². The minimum absolute atomic E-state index is 0.0234. The van der Waals surface area contributed by atoms with Gasteiger partial charge in [0.25, 0.3) is 5.91 Å². The van der Waals surface area contributed by atoms with E-state index in [2.05, 4.69) is 10.3 Å². The van der Waals surface area contributed by atoms with Gasteiger partial charge in [-0.3, -0.25) is 20.2 Å². The molecule has 0 aliphatic heterocycles. The zero-order valence-electron chi connectivity index (χ0n) is 10.9. The zero-order valence-corrected chi connectivity index (χ0v) is 11.7. The number of benzene rings is 1. The molecule has 114 valence electrons. The van der Waals surface area contributed by atoms with Crippen LogP contribution < -0.4 is 5.32 Å². The Balaban J connectivity index is 1.88. The van der Waals surface area contributed by atoms with Crippen molar-refractivity contribution in [2.24, 2.45) is 0 Å². The molecule has 2 rings (SSSR count). The number of para-hydroxylation sites is 1. The van der Waals surface area contributed by atoms with E-state index in [0.717, 1.165) is 6.20 Å². The maximum atomic E-state index is 11.7. The lowest BCUT2D eigenvalue weighted by Gasteiger charge is -2.05. The van der Waals surface area contributed by atoms with Gasteiger partial charge in [0.2, 0.25) is 0 Å². The Morgan fingerprint density at radius 1 is 1.41 bits per heavy atom. The zero-order chi connectivity index (χ0) is 16.1. The van der Waals surface area contributed by atoms with Crippen LogP contribution in [0, 0.1) is 10.1 Å². The van der Waals surface area contributed by atoms with Gasteiger partial charge in [-0.2, -0.15) is 0 Å². The lowest BCUT2D eigenvalue weighted by Crippen LogP contribution is -2.20. The van der Waals surface area contributed by atoms with E-state index in [0.29, 0.717) is 11.3 Å². The van der Waals surface area contributed by atoms with E-state index in [1.54, 1.807) is 0 Å². The van der Waals surface area contributed by atoms with E-state index in [1.807, 2.05) is 0 Å². The van der Waals surface area contributed by atoms with Crippen LogP contribution in [-0.2, 0) is 9.53 Å².